The summed E-state index contributed by atoms with van der Waals surface area (Å²) in [7, 11) is 3.79. The number of halogens is 1. The number of thioether (sulfide) groups is 2. The molecule has 0 aromatic heterocycles. The van der Waals surface area contributed by atoms with E-state index < -0.39 is 31.8 Å². The molecule has 1 aliphatic carbocycles. The highest BCUT2D eigenvalue weighted by Crippen LogP contribution is 2.55. The molecule has 1 atom stereocenters. The standard InChI is InChI=1S/C107H180BBrO34S2Si/c1-105(2)106(3,4)143-108(142-105)95-15-19-98-97-17-13-93(94-14-18-99-100-20-16-96(109)92-104(100)146(103(99)90-94,87-11-83-144-85-81-113-8)88-12-84-145-86-82-141-80-79-140-78-77-139-76-75-128-50-47-123-40-37-118-30-27-112-7)89-101(97)107(102(98)91-95,21-9-23-114-31-33-119-41-43-124-51-53-129-59-61-133-67-69-137-73-71-135-65-63-131-57-55-126-48-45-121-38-35-116-28-25-110-5)22-10-24-115-32-34-120-42-44-125-52-54-130-60-62-134-68-70-138-74-72-136-66-64-132-58-56-127-49-46-122-39-36-117-29-26-111-6/h13-20,89-92H,9-12,21-88H2,1-8H3. The van der Waals surface area contributed by atoms with Crippen LogP contribution in [0.2, 0.25) is 12.1 Å². The highest BCUT2D eigenvalue weighted by Gasteiger charge is 2.53. The Balaban J connectivity index is 0.891. The quantitative estimate of drug-likeness (QED) is 0.0293. The zero-order chi connectivity index (χ0) is 103. The molecule has 2 heterocycles. The van der Waals surface area contributed by atoms with Gasteiger partial charge in [0, 0.05) is 63.0 Å². The van der Waals surface area contributed by atoms with E-state index in [1.807, 2.05) is 23.5 Å². The predicted octanol–water partition coefficient (Wildman–Crippen LogP) is 11.1. The molecule has 1 fully saturated rings. The van der Waals surface area contributed by atoms with Crippen molar-refractivity contribution in [3.63, 3.8) is 0 Å². The Labute approximate surface area is 890 Å². The molecule has 7 rings (SSSR count). The van der Waals surface area contributed by atoms with E-state index in [-0.39, 0.29) is 0 Å². The molecule has 39 heteroatoms. The first-order valence-electron chi connectivity index (χ1n) is 52.8. The summed E-state index contributed by atoms with van der Waals surface area (Å²) in [5.41, 5.74) is 9.74. The van der Waals surface area contributed by atoms with E-state index in [4.69, 9.17) is 161 Å². The number of rotatable bonds is 108. The van der Waals surface area contributed by atoms with Crippen LogP contribution in [0.3, 0.4) is 0 Å². The molecular formula is C107H180BBrO34S2Si. The van der Waals surface area contributed by atoms with E-state index >= 15 is 0 Å². The summed E-state index contributed by atoms with van der Waals surface area (Å²) in [5, 5.41) is 3.09. The van der Waals surface area contributed by atoms with Crippen LogP contribution in [0.15, 0.2) is 77.3 Å². The lowest BCUT2D eigenvalue weighted by Crippen LogP contribution is -2.55. The van der Waals surface area contributed by atoms with Gasteiger partial charge in [-0.05, 0) is 168 Å². The van der Waals surface area contributed by atoms with Gasteiger partial charge < -0.3 is 161 Å². The van der Waals surface area contributed by atoms with Crippen LogP contribution >= 0.6 is 39.5 Å². The molecule has 34 nitrogen and oxygen atoms in total. The van der Waals surface area contributed by atoms with Crippen molar-refractivity contribution >= 4 is 70.5 Å². The van der Waals surface area contributed by atoms with Gasteiger partial charge in [0.05, 0.1) is 394 Å². The Bertz CT molecular complexity index is 3660. The van der Waals surface area contributed by atoms with Crippen molar-refractivity contribution in [3.05, 3.63) is 88.4 Å². The molecule has 1 saturated heterocycles. The van der Waals surface area contributed by atoms with Crippen molar-refractivity contribution in [2.24, 2.45) is 0 Å². The summed E-state index contributed by atoms with van der Waals surface area (Å²) in [4.78, 5) is 0. The molecule has 4 aromatic rings. The van der Waals surface area contributed by atoms with Gasteiger partial charge in [-0.1, -0.05) is 70.5 Å². The predicted molar refractivity (Wildman–Crippen MR) is 574 cm³/mol. The van der Waals surface area contributed by atoms with Crippen molar-refractivity contribution in [2.75, 3.05) is 448 Å². The molecule has 2 aliphatic heterocycles. The molecule has 1 unspecified atom stereocenters. The average Bonchev–Trinajstić information content (AvgIpc) is 1.55. The molecule has 0 bridgehead atoms. The maximum absolute atomic E-state index is 6.84. The van der Waals surface area contributed by atoms with E-state index in [0.717, 1.165) is 90.2 Å². The van der Waals surface area contributed by atoms with Crippen molar-refractivity contribution < 1.29 is 161 Å². The number of benzene rings is 4. The second-order valence-corrected chi connectivity index (χ2v) is 43.1. The van der Waals surface area contributed by atoms with Gasteiger partial charge in [0.15, 0.2) is 0 Å². The molecule has 838 valence electrons. The van der Waals surface area contributed by atoms with Crippen LogP contribution in [0.1, 0.15) is 77.3 Å². The molecule has 146 heavy (non-hydrogen) atoms. The van der Waals surface area contributed by atoms with Crippen LogP contribution < -0.4 is 15.8 Å². The van der Waals surface area contributed by atoms with E-state index in [9.17, 15) is 0 Å². The minimum atomic E-state index is -2.41. The molecule has 0 spiro atoms. The Kier molecular flexibility index (Phi) is 77.5. The molecule has 4 aromatic carbocycles. The highest BCUT2D eigenvalue weighted by atomic mass is 79.9. The molecule has 3 aliphatic rings. The summed E-state index contributed by atoms with van der Waals surface area (Å²) < 4.78 is 195. The third-order valence-corrected chi connectivity index (χ3v) is 32.4. The first kappa shape index (κ1) is 130. The van der Waals surface area contributed by atoms with E-state index in [2.05, 4.69) is 116 Å². The zero-order valence-corrected chi connectivity index (χ0v) is 93.7. The van der Waals surface area contributed by atoms with Gasteiger partial charge in [-0.2, -0.15) is 23.5 Å². The fourth-order valence-corrected chi connectivity index (χ4v) is 24.6. The summed E-state index contributed by atoms with van der Waals surface area (Å²) in [5.74, 6) is 4.03. The van der Waals surface area contributed by atoms with Gasteiger partial charge in [0.25, 0.3) is 0 Å². The van der Waals surface area contributed by atoms with Gasteiger partial charge in [-0.25, -0.2) is 0 Å². The Morgan fingerprint density at radius 1 is 0.240 bits per heavy atom. The Morgan fingerprint density at radius 3 is 0.767 bits per heavy atom. The Morgan fingerprint density at radius 2 is 0.473 bits per heavy atom. The van der Waals surface area contributed by atoms with Crippen molar-refractivity contribution in [1.82, 2.24) is 0 Å². The lowest BCUT2D eigenvalue weighted by atomic mass is 9.69. The minimum absolute atomic E-state index is 0.442. The maximum Gasteiger partial charge on any atom is 0.494 e. The number of hydrogen-bond acceptors (Lipinski definition) is 36. The van der Waals surface area contributed by atoms with Crippen LogP contribution in [-0.2, 0) is 166 Å². The van der Waals surface area contributed by atoms with Gasteiger partial charge in [0.1, 0.15) is 8.07 Å². The average molecular weight is 2190 g/mol. The summed E-state index contributed by atoms with van der Waals surface area (Å²) in [6, 6.07) is 31.0. The molecule has 0 saturated carbocycles. The Hall–Kier alpha value is -3.02. The third-order valence-electron chi connectivity index (χ3n) is 24.5. The number of hydrogen-bond donors (Lipinski definition) is 0. The third kappa shape index (κ3) is 56.1. The van der Waals surface area contributed by atoms with Crippen LogP contribution in [0.25, 0.3) is 33.4 Å². The fraction of sp³-hybridized carbons (Fsp3) is 0.776. The van der Waals surface area contributed by atoms with Gasteiger partial charge in [-0.15, -0.1) is 0 Å². The molecular weight excluding hydrogens is 2010 g/mol. The lowest BCUT2D eigenvalue weighted by Gasteiger charge is -2.33. The summed E-state index contributed by atoms with van der Waals surface area (Å²) in [6.45, 7) is 38.7. The van der Waals surface area contributed by atoms with E-state index in [0.29, 0.717) is 390 Å². The van der Waals surface area contributed by atoms with Gasteiger partial charge in [0.2, 0.25) is 0 Å². The first-order chi connectivity index (χ1) is 71.9. The maximum atomic E-state index is 6.84. The second-order valence-electron chi connectivity index (χ2n) is 35.5. The van der Waals surface area contributed by atoms with Gasteiger partial charge >= 0.3 is 7.12 Å². The van der Waals surface area contributed by atoms with Gasteiger partial charge in [-0.3, -0.25) is 0 Å². The molecule has 0 radical (unpaired) electrons. The minimum Gasteiger partial charge on any atom is -0.399 e. The SMILES string of the molecule is COCCOCCOCCOCCOCCOCCOCCOCCOCCOCCOCCOCCCC1(CCCOCCOCCOCCOCCOCCOCCOCCOCCOCCOCCOCCOC)c2cc(B3OC(C)(C)C(C)(C)O3)ccc2-c2ccc(-c3ccc4c(c3)[Si](CCCSCCOC)(CCCSCCOCCOCCOCCOCCOCCOCCOC)c3cc(Br)ccc3-4)cc21. The summed E-state index contributed by atoms with van der Waals surface area (Å²) >= 11 is 7.98. The van der Waals surface area contributed by atoms with E-state index in [1.54, 1.807) is 38.8 Å². The van der Waals surface area contributed by atoms with Crippen LogP contribution in [0, 0.1) is 0 Å². The zero-order valence-electron chi connectivity index (χ0n) is 89.5. The fourth-order valence-electron chi connectivity index (χ4n) is 16.4. The van der Waals surface area contributed by atoms with Crippen molar-refractivity contribution in [3.8, 4) is 33.4 Å². The molecule has 0 N–H and O–H groups in total. The van der Waals surface area contributed by atoms with Crippen molar-refractivity contribution in [1.29, 1.82) is 0 Å². The first-order valence-corrected chi connectivity index (χ1v) is 58.3. The second kappa shape index (κ2) is 87.1. The van der Waals surface area contributed by atoms with Crippen molar-refractivity contribution in [2.45, 2.75) is 94.9 Å². The smallest absolute Gasteiger partial charge is 0.399 e. The number of ether oxygens (including phenoxy) is 32. The van der Waals surface area contributed by atoms with E-state index in [1.165, 1.54) is 44.5 Å². The van der Waals surface area contributed by atoms with Crippen LogP contribution in [0.4, 0.5) is 0 Å². The van der Waals surface area contributed by atoms with Crippen LogP contribution in [-0.4, -0.2) is 474 Å². The summed E-state index contributed by atoms with van der Waals surface area (Å²) in [6.07, 6.45) is 5.46. The molecule has 0 amide bonds. The lowest BCUT2D eigenvalue weighted by molar-refractivity contribution is -0.0281. The monoisotopic (exact) mass is 2190 g/mol. The number of methoxy groups -OCH3 is 4. The van der Waals surface area contributed by atoms with Crippen LogP contribution in [0.5, 0.6) is 0 Å². The largest absolute Gasteiger partial charge is 0.494 e. The topological polar surface area (TPSA) is 314 Å². The number of fused-ring (bicyclic) bond motifs is 6. The highest BCUT2D eigenvalue weighted by molar-refractivity contribution is 9.10. The normalized spacial score (nSPS) is 14.9.